The van der Waals surface area contributed by atoms with Gasteiger partial charge < -0.3 is 4.74 Å². The van der Waals surface area contributed by atoms with Gasteiger partial charge in [-0.15, -0.1) is 0 Å². The topological polar surface area (TPSA) is 26.3 Å². The lowest BCUT2D eigenvalue weighted by Crippen LogP contribution is -2.03. The Balaban J connectivity index is 1.76. The molecule has 0 spiro atoms. The molecule has 2 nitrogen and oxygen atoms in total. The molecule has 0 bridgehead atoms. The molecule has 1 aliphatic rings. The average molecular weight is 316 g/mol. The number of aryl methyl sites for hydroxylation is 1. The first-order chi connectivity index (χ1) is 11.7. The smallest absolute Gasteiger partial charge is 0.189 e. The van der Waals surface area contributed by atoms with Crippen molar-refractivity contribution in [3.63, 3.8) is 0 Å². The zero-order valence-corrected chi connectivity index (χ0v) is 13.7. The molecule has 2 heteroatoms. The predicted molar refractivity (Wildman–Crippen MR) is 97.2 cm³/mol. The van der Waals surface area contributed by atoms with E-state index >= 15 is 0 Å². The quantitative estimate of drug-likeness (QED) is 0.550. The Morgan fingerprint density at radius 2 is 1.83 bits per heavy atom. The van der Waals surface area contributed by atoms with Crippen molar-refractivity contribution in [3.8, 4) is 5.75 Å². The summed E-state index contributed by atoms with van der Waals surface area (Å²) in [6.45, 7) is 2.44. The van der Waals surface area contributed by atoms with Crippen LogP contribution in [0.25, 0.3) is 0 Å². The molecule has 120 valence electrons. The van der Waals surface area contributed by atoms with Gasteiger partial charge in [0.05, 0.1) is 5.56 Å². The van der Waals surface area contributed by atoms with Gasteiger partial charge in [0.1, 0.15) is 12.4 Å². The van der Waals surface area contributed by atoms with Gasteiger partial charge in [-0.25, -0.2) is 0 Å². The molecule has 0 unspecified atom stereocenters. The summed E-state index contributed by atoms with van der Waals surface area (Å²) < 4.78 is 5.91. The van der Waals surface area contributed by atoms with Gasteiger partial charge in [-0.3, -0.25) is 4.79 Å². The largest absolute Gasteiger partial charge is 0.488 e. The molecule has 0 amide bonds. The fraction of sp³-hybridized carbons (Fsp3) is 0.136. The van der Waals surface area contributed by atoms with Crippen molar-refractivity contribution in [1.82, 2.24) is 0 Å². The molecule has 0 fully saturated rings. The highest BCUT2D eigenvalue weighted by atomic mass is 16.5. The fourth-order valence-corrected chi connectivity index (χ4v) is 2.55. The molecule has 0 saturated carbocycles. The van der Waals surface area contributed by atoms with Crippen molar-refractivity contribution in [3.05, 3.63) is 102 Å². The van der Waals surface area contributed by atoms with Crippen molar-refractivity contribution in [2.24, 2.45) is 5.92 Å². The number of rotatable bonds is 6. The summed E-state index contributed by atoms with van der Waals surface area (Å²) in [5.41, 5.74) is 2.74. The number of hydrogen-bond acceptors (Lipinski definition) is 2. The van der Waals surface area contributed by atoms with Crippen molar-refractivity contribution in [2.75, 3.05) is 0 Å². The fourth-order valence-electron chi connectivity index (χ4n) is 2.55. The van der Waals surface area contributed by atoms with E-state index in [0.717, 1.165) is 11.1 Å². The van der Waals surface area contributed by atoms with Crippen LogP contribution in [0.1, 0.15) is 21.5 Å². The Hall–Kier alpha value is -2.87. The maximum atomic E-state index is 12.5. The standard InChI is InChI=1S/C22H20O2/c1-17-11-13-20(21(23)14-12-18-7-5-6-8-18)22(15-17)24-16-19-9-3-2-4-10-19/h2-15,18H,16H2,1H3. The van der Waals surface area contributed by atoms with E-state index in [1.54, 1.807) is 6.08 Å². The number of benzene rings is 2. The van der Waals surface area contributed by atoms with E-state index in [1.165, 1.54) is 0 Å². The summed E-state index contributed by atoms with van der Waals surface area (Å²) in [6, 6.07) is 15.6. The third-order valence-electron chi connectivity index (χ3n) is 3.89. The normalized spacial score (nSPS) is 13.7. The summed E-state index contributed by atoms with van der Waals surface area (Å²) in [6.07, 6.45) is 11.6. The number of hydrogen-bond donors (Lipinski definition) is 0. The van der Waals surface area contributed by atoms with E-state index in [9.17, 15) is 4.79 Å². The van der Waals surface area contributed by atoms with E-state index in [4.69, 9.17) is 4.74 Å². The molecule has 1 aliphatic carbocycles. The number of ketones is 1. The lowest BCUT2D eigenvalue weighted by Gasteiger charge is -2.11. The molecule has 0 aromatic heterocycles. The molecular formula is C22H20O2. The zero-order valence-electron chi connectivity index (χ0n) is 13.7. The third-order valence-corrected chi connectivity index (χ3v) is 3.89. The molecule has 24 heavy (non-hydrogen) atoms. The first-order valence-corrected chi connectivity index (χ1v) is 8.07. The Morgan fingerprint density at radius 1 is 1.08 bits per heavy atom. The Kier molecular flexibility index (Phi) is 5.07. The molecular weight excluding hydrogens is 296 g/mol. The number of carbonyl (C=O) groups excluding carboxylic acids is 1. The van der Waals surface area contributed by atoms with E-state index in [2.05, 4.69) is 0 Å². The van der Waals surface area contributed by atoms with Crippen molar-refractivity contribution in [1.29, 1.82) is 0 Å². The van der Waals surface area contributed by atoms with Crippen LogP contribution in [0, 0.1) is 12.8 Å². The third kappa shape index (κ3) is 4.11. The van der Waals surface area contributed by atoms with Crippen LogP contribution >= 0.6 is 0 Å². The molecule has 0 aliphatic heterocycles. The SMILES string of the molecule is Cc1ccc(C(=O)C=CC2C=CC=C2)c(OCc2ccccc2)c1. The Morgan fingerprint density at radius 3 is 2.58 bits per heavy atom. The van der Waals surface area contributed by atoms with Gasteiger partial charge >= 0.3 is 0 Å². The van der Waals surface area contributed by atoms with Crippen molar-refractivity contribution >= 4 is 5.78 Å². The maximum absolute atomic E-state index is 12.5. The average Bonchev–Trinajstić information content (AvgIpc) is 3.12. The highest BCUT2D eigenvalue weighted by molar-refractivity contribution is 6.06. The second kappa shape index (κ2) is 7.60. The number of allylic oxidation sites excluding steroid dienone is 6. The Labute approximate surface area is 142 Å². The summed E-state index contributed by atoms with van der Waals surface area (Å²) >= 11 is 0. The van der Waals surface area contributed by atoms with Crippen LogP contribution in [0.2, 0.25) is 0 Å². The van der Waals surface area contributed by atoms with Gasteiger partial charge in [0.15, 0.2) is 5.78 Å². The molecule has 0 heterocycles. The van der Waals surface area contributed by atoms with Gasteiger partial charge in [0.25, 0.3) is 0 Å². The van der Waals surface area contributed by atoms with Gasteiger partial charge in [-0.2, -0.15) is 0 Å². The summed E-state index contributed by atoms with van der Waals surface area (Å²) in [5.74, 6) is 0.797. The summed E-state index contributed by atoms with van der Waals surface area (Å²) in [5, 5.41) is 0. The highest BCUT2D eigenvalue weighted by Gasteiger charge is 2.11. The summed E-state index contributed by atoms with van der Waals surface area (Å²) in [7, 11) is 0. The van der Waals surface area contributed by atoms with Crippen LogP contribution in [-0.4, -0.2) is 5.78 Å². The molecule has 3 rings (SSSR count). The van der Waals surface area contributed by atoms with Crippen LogP contribution in [0.5, 0.6) is 5.75 Å². The van der Waals surface area contributed by atoms with E-state index in [1.807, 2.05) is 85.8 Å². The van der Waals surface area contributed by atoms with Crippen molar-refractivity contribution in [2.45, 2.75) is 13.5 Å². The van der Waals surface area contributed by atoms with E-state index < -0.39 is 0 Å². The van der Waals surface area contributed by atoms with Gasteiger partial charge in [0.2, 0.25) is 0 Å². The lowest BCUT2D eigenvalue weighted by atomic mass is 10.0. The predicted octanol–water partition coefficient (Wildman–Crippen LogP) is 5.06. The van der Waals surface area contributed by atoms with Crippen molar-refractivity contribution < 1.29 is 9.53 Å². The number of carbonyl (C=O) groups is 1. The van der Waals surface area contributed by atoms with Crippen LogP contribution in [0.3, 0.4) is 0 Å². The van der Waals surface area contributed by atoms with Gasteiger partial charge in [0, 0.05) is 5.92 Å². The summed E-state index contributed by atoms with van der Waals surface area (Å²) in [4.78, 5) is 12.5. The van der Waals surface area contributed by atoms with Gasteiger partial charge in [-0.1, -0.05) is 66.8 Å². The second-order valence-electron chi connectivity index (χ2n) is 5.84. The highest BCUT2D eigenvalue weighted by Crippen LogP contribution is 2.23. The molecule has 0 atom stereocenters. The zero-order chi connectivity index (χ0) is 16.8. The molecule has 0 radical (unpaired) electrons. The van der Waals surface area contributed by atoms with Crippen LogP contribution < -0.4 is 4.74 Å². The lowest BCUT2D eigenvalue weighted by molar-refractivity contribution is 0.104. The first kappa shape index (κ1) is 16.0. The Bertz CT molecular complexity index is 786. The maximum Gasteiger partial charge on any atom is 0.189 e. The molecule has 2 aromatic rings. The molecule has 0 N–H and O–H groups in total. The van der Waals surface area contributed by atoms with Crippen LogP contribution in [0.15, 0.2) is 85.0 Å². The first-order valence-electron chi connectivity index (χ1n) is 8.07. The van der Waals surface area contributed by atoms with E-state index in [-0.39, 0.29) is 11.7 Å². The monoisotopic (exact) mass is 316 g/mol. The van der Waals surface area contributed by atoms with Gasteiger partial charge in [-0.05, 0) is 36.3 Å². The van der Waals surface area contributed by atoms with Crippen LogP contribution in [0.4, 0.5) is 0 Å². The number of ether oxygens (including phenoxy) is 1. The minimum atomic E-state index is -0.0354. The minimum absolute atomic E-state index is 0.0354. The molecule has 2 aromatic carbocycles. The minimum Gasteiger partial charge on any atom is -0.488 e. The van der Waals surface area contributed by atoms with E-state index in [0.29, 0.717) is 17.9 Å². The van der Waals surface area contributed by atoms with Crippen LogP contribution in [-0.2, 0) is 6.61 Å². The second-order valence-corrected chi connectivity index (χ2v) is 5.84. The molecule has 0 saturated heterocycles.